The summed E-state index contributed by atoms with van der Waals surface area (Å²) in [5, 5.41) is 4.17. The third-order valence-electron chi connectivity index (χ3n) is 4.11. The van der Waals surface area contributed by atoms with Gasteiger partial charge in [0.1, 0.15) is 5.75 Å². The van der Waals surface area contributed by atoms with Crippen LogP contribution in [0.3, 0.4) is 0 Å². The molecule has 7 heteroatoms. The molecular formula is C19H18Cl2N2O3. The van der Waals surface area contributed by atoms with Crippen LogP contribution in [0.25, 0.3) is 0 Å². The fourth-order valence-electron chi connectivity index (χ4n) is 2.82. The number of anilines is 1. The zero-order valence-electron chi connectivity index (χ0n) is 14.2. The molecule has 2 aromatic rings. The molecule has 1 aliphatic rings. The number of carbonyl (C=O) groups is 2. The van der Waals surface area contributed by atoms with Gasteiger partial charge < -0.3 is 10.1 Å². The summed E-state index contributed by atoms with van der Waals surface area (Å²) in [6.07, 6.45) is 0.108. The molecule has 1 aliphatic heterocycles. The molecule has 0 aromatic heterocycles. The molecule has 0 spiro atoms. The number of ether oxygens (including phenoxy) is 1. The molecular weight excluding hydrogens is 375 g/mol. The number of benzene rings is 2. The van der Waals surface area contributed by atoms with E-state index < -0.39 is 6.04 Å². The van der Waals surface area contributed by atoms with Crippen LogP contribution in [0, 0.1) is 0 Å². The van der Waals surface area contributed by atoms with Gasteiger partial charge in [-0.15, -0.1) is 0 Å². The summed E-state index contributed by atoms with van der Waals surface area (Å²) in [6.45, 7) is 2.82. The van der Waals surface area contributed by atoms with Crippen LogP contribution in [-0.2, 0) is 16.1 Å². The van der Waals surface area contributed by atoms with E-state index >= 15 is 0 Å². The smallest absolute Gasteiger partial charge is 0.251 e. The topological polar surface area (TPSA) is 58.6 Å². The van der Waals surface area contributed by atoms with E-state index in [0.717, 1.165) is 5.56 Å². The molecule has 1 heterocycles. The van der Waals surface area contributed by atoms with Crippen LogP contribution in [0.5, 0.6) is 5.75 Å². The van der Waals surface area contributed by atoms with Crippen LogP contribution < -0.4 is 15.0 Å². The van der Waals surface area contributed by atoms with E-state index in [2.05, 4.69) is 5.32 Å². The predicted molar refractivity (Wildman–Crippen MR) is 102 cm³/mol. The molecule has 1 fully saturated rings. The quantitative estimate of drug-likeness (QED) is 0.759. The number of hydrogen-bond donors (Lipinski definition) is 1. The van der Waals surface area contributed by atoms with Gasteiger partial charge in [0.25, 0.3) is 5.91 Å². The first-order chi connectivity index (χ1) is 12.5. The van der Waals surface area contributed by atoms with E-state index in [4.69, 9.17) is 27.9 Å². The molecule has 3 rings (SSSR count). The number of rotatable bonds is 6. The second kappa shape index (κ2) is 8.08. The molecule has 0 radical (unpaired) electrons. The first kappa shape index (κ1) is 18.7. The second-order valence-electron chi connectivity index (χ2n) is 5.87. The van der Waals surface area contributed by atoms with Gasteiger partial charge in [0.05, 0.1) is 24.8 Å². The van der Waals surface area contributed by atoms with Gasteiger partial charge in [0, 0.05) is 16.6 Å². The molecule has 1 saturated heterocycles. The van der Waals surface area contributed by atoms with Gasteiger partial charge in [0.2, 0.25) is 5.91 Å². The molecule has 2 aromatic carbocycles. The number of hydrogen-bond acceptors (Lipinski definition) is 4. The minimum absolute atomic E-state index is 0.108. The summed E-state index contributed by atoms with van der Waals surface area (Å²) in [6, 6.07) is 11.5. The lowest BCUT2D eigenvalue weighted by atomic mass is 10.2. The van der Waals surface area contributed by atoms with E-state index in [1.807, 2.05) is 6.92 Å². The highest BCUT2D eigenvalue weighted by Gasteiger charge is 2.39. The number of carbonyl (C=O) groups excluding carboxylic acids is 2. The Morgan fingerprint density at radius 2 is 1.88 bits per heavy atom. The van der Waals surface area contributed by atoms with Gasteiger partial charge in [-0.2, -0.15) is 0 Å². The Morgan fingerprint density at radius 3 is 2.54 bits per heavy atom. The minimum Gasteiger partial charge on any atom is -0.494 e. The number of halogens is 2. The number of imide groups is 1. The van der Waals surface area contributed by atoms with Crippen molar-refractivity contribution in [2.45, 2.75) is 25.9 Å². The molecule has 2 amide bonds. The highest BCUT2D eigenvalue weighted by Crippen LogP contribution is 2.26. The summed E-state index contributed by atoms with van der Waals surface area (Å²) < 4.78 is 5.38. The zero-order chi connectivity index (χ0) is 18.7. The Morgan fingerprint density at radius 1 is 1.15 bits per heavy atom. The van der Waals surface area contributed by atoms with Crippen molar-refractivity contribution >= 4 is 40.7 Å². The van der Waals surface area contributed by atoms with Crippen LogP contribution in [0.15, 0.2) is 42.5 Å². The molecule has 0 unspecified atom stereocenters. The summed E-state index contributed by atoms with van der Waals surface area (Å²) in [5.41, 5.74) is 1.35. The van der Waals surface area contributed by atoms with Crippen molar-refractivity contribution in [3.8, 4) is 5.75 Å². The van der Waals surface area contributed by atoms with Gasteiger partial charge >= 0.3 is 0 Å². The molecule has 0 bridgehead atoms. The highest BCUT2D eigenvalue weighted by molar-refractivity contribution is 6.35. The van der Waals surface area contributed by atoms with E-state index in [-0.39, 0.29) is 18.2 Å². The molecule has 136 valence electrons. The third kappa shape index (κ3) is 4.01. The van der Waals surface area contributed by atoms with Gasteiger partial charge in [-0.05, 0) is 48.9 Å². The first-order valence-corrected chi connectivity index (χ1v) is 9.02. The maximum atomic E-state index is 12.6. The van der Waals surface area contributed by atoms with Crippen LogP contribution >= 0.6 is 23.2 Å². The molecule has 0 saturated carbocycles. The van der Waals surface area contributed by atoms with Crippen molar-refractivity contribution in [1.82, 2.24) is 5.32 Å². The van der Waals surface area contributed by atoms with E-state index in [0.29, 0.717) is 34.6 Å². The normalized spacial score (nSPS) is 17.0. The van der Waals surface area contributed by atoms with Crippen molar-refractivity contribution < 1.29 is 14.3 Å². The van der Waals surface area contributed by atoms with E-state index in [1.54, 1.807) is 42.5 Å². The van der Waals surface area contributed by atoms with E-state index in [9.17, 15) is 9.59 Å². The average molecular weight is 393 g/mol. The fraction of sp³-hybridized carbons (Fsp3) is 0.263. The summed E-state index contributed by atoms with van der Waals surface area (Å²) >= 11 is 12.0. The van der Waals surface area contributed by atoms with Gasteiger partial charge in [0.15, 0.2) is 0 Å². The maximum Gasteiger partial charge on any atom is 0.251 e. The van der Waals surface area contributed by atoms with Gasteiger partial charge in [-0.1, -0.05) is 29.3 Å². The minimum atomic E-state index is -0.583. The molecule has 26 heavy (non-hydrogen) atoms. The Balaban J connectivity index is 1.68. The summed E-state index contributed by atoms with van der Waals surface area (Å²) in [7, 11) is 0. The maximum absolute atomic E-state index is 12.6. The first-order valence-electron chi connectivity index (χ1n) is 8.26. The Labute approximate surface area is 161 Å². The van der Waals surface area contributed by atoms with Crippen molar-refractivity contribution in [3.63, 3.8) is 0 Å². The van der Waals surface area contributed by atoms with Crippen LogP contribution in [0.2, 0.25) is 10.0 Å². The molecule has 0 aliphatic carbocycles. The predicted octanol–water partition coefficient (Wildman–Crippen LogP) is 3.81. The zero-order valence-corrected chi connectivity index (χ0v) is 15.7. The Bertz CT molecular complexity index is 824. The van der Waals surface area contributed by atoms with Gasteiger partial charge in [-0.25, -0.2) is 4.90 Å². The average Bonchev–Trinajstić information content (AvgIpc) is 2.89. The summed E-state index contributed by atoms with van der Waals surface area (Å²) in [5.74, 6) is 0.186. The lowest BCUT2D eigenvalue weighted by molar-refractivity contribution is -0.121. The monoisotopic (exact) mass is 392 g/mol. The number of amides is 2. The van der Waals surface area contributed by atoms with Crippen LogP contribution in [0.4, 0.5) is 5.69 Å². The lowest BCUT2D eigenvalue weighted by Crippen LogP contribution is -2.38. The second-order valence-corrected chi connectivity index (χ2v) is 6.71. The standard InChI is InChI=1S/C19H18Cl2N2O3/c1-2-26-15-7-5-14(6-8-15)23-18(24)10-17(19(23)25)22-11-12-3-4-13(20)9-16(12)21/h3-9,17,22H,2,10-11H2,1H3/t17-/m0/s1. The number of nitrogens with zero attached hydrogens (tertiary/aromatic N) is 1. The Kier molecular flexibility index (Phi) is 5.81. The third-order valence-corrected chi connectivity index (χ3v) is 4.69. The lowest BCUT2D eigenvalue weighted by Gasteiger charge is -2.16. The van der Waals surface area contributed by atoms with Gasteiger partial charge in [-0.3, -0.25) is 9.59 Å². The Hall–Kier alpha value is -2.08. The van der Waals surface area contributed by atoms with Crippen molar-refractivity contribution in [2.24, 2.45) is 0 Å². The van der Waals surface area contributed by atoms with E-state index in [1.165, 1.54) is 4.90 Å². The van der Waals surface area contributed by atoms with Crippen LogP contribution in [-0.4, -0.2) is 24.5 Å². The molecule has 1 atom stereocenters. The highest BCUT2D eigenvalue weighted by atomic mass is 35.5. The van der Waals surface area contributed by atoms with Crippen molar-refractivity contribution in [3.05, 3.63) is 58.1 Å². The molecule has 5 nitrogen and oxygen atoms in total. The van der Waals surface area contributed by atoms with Crippen LogP contribution in [0.1, 0.15) is 18.9 Å². The molecule has 1 N–H and O–H groups in total. The summed E-state index contributed by atoms with van der Waals surface area (Å²) in [4.78, 5) is 26.2. The largest absolute Gasteiger partial charge is 0.494 e. The van der Waals surface area contributed by atoms with Crippen molar-refractivity contribution in [2.75, 3.05) is 11.5 Å². The number of nitrogens with one attached hydrogen (secondary N) is 1. The van der Waals surface area contributed by atoms with Crippen molar-refractivity contribution in [1.29, 1.82) is 0 Å². The SMILES string of the molecule is CCOc1ccc(N2C(=O)C[C@H](NCc3ccc(Cl)cc3Cl)C2=O)cc1. The fourth-order valence-corrected chi connectivity index (χ4v) is 3.29.